The fourth-order valence-electron chi connectivity index (χ4n) is 2.77. The van der Waals surface area contributed by atoms with Gasteiger partial charge in [-0.1, -0.05) is 19.1 Å². The van der Waals surface area contributed by atoms with E-state index in [1.165, 1.54) is 11.8 Å². The number of hydrogen-bond acceptors (Lipinski definition) is 4. The molecule has 1 aliphatic rings. The highest BCUT2D eigenvalue weighted by Crippen LogP contribution is 2.29. The van der Waals surface area contributed by atoms with E-state index in [9.17, 15) is 8.42 Å². The zero-order valence-electron chi connectivity index (χ0n) is 13.1. The topological polar surface area (TPSA) is 49.4 Å². The van der Waals surface area contributed by atoms with Crippen LogP contribution in [-0.4, -0.2) is 44.7 Å². The summed E-state index contributed by atoms with van der Waals surface area (Å²) in [6.07, 6.45) is 4.54. The van der Waals surface area contributed by atoms with E-state index >= 15 is 0 Å². The first-order valence-electron chi connectivity index (χ1n) is 7.46. The Morgan fingerprint density at radius 1 is 1.27 bits per heavy atom. The van der Waals surface area contributed by atoms with Crippen molar-refractivity contribution < 1.29 is 8.42 Å². The Bertz CT molecular complexity index is 560. The number of nitrogens with one attached hydrogen (secondary N) is 1. The minimum atomic E-state index is -3.42. The highest BCUT2D eigenvalue weighted by molar-refractivity contribution is 7.99. The van der Waals surface area contributed by atoms with Gasteiger partial charge in [-0.25, -0.2) is 8.42 Å². The minimum Gasteiger partial charge on any atom is -0.317 e. The summed E-state index contributed by atoms with van der Waals surface area (Å²) < 4.78 is 27.9. The van der Waals surface area contributed by atoms with Crippen LogP contribution in [-0.2, 0) is 10.0 Å². The van der Waals surface area contributed by atoms with E-state index in [-0.39, 0.29) is 18.4 Å². The molecule has 7 heteroatoms. The van der Waals surface area contributed by atoms with Crippen LogP contribution in [0, 0.1) is 0 Å². The third kappa shape index (κ3) is 4.38. The molecule has 0 aromatic heterocycles. The summed E-state index contributed by atoms with van der Waals surface area (Å²) in [5, 5.41) is 3.30. The van der Waals surface area contributed by atoms with Gasteiger partial charge in [0.1, 0.15) is 0 Å². The molecule has 0 aliphatic carbocycles. The number of sulfonamides is 1. The first-order valence-corrected chi connectivity index (χ1v) is 10.1. The molecule has 1 N–H and O–H groups in total. The predicted octanol–water partition coefficient (Wildman–Crippen LogP) is 2.98. The van der Waals surface area contributed by atoms with Crippen molar-refractivity contribution in [3.05, 3.63) is 24.3 Å². The molecule has 0 bridgehead atoms. The van der Waals surface area contributed by atoms with E-state index in [1.54, 1.807) is 16.4 Å². The van der Waals surface area contributed by atoms with Crippen molar-refractivity contribution in [1.29, 1.82) is 0 Å². The van der Waals surface area contributed by atoms with Crippen LogP contribution in [0.5, 0.6) is 0 Å². The smallest absolute Gasteiger partial charge is 0.244 e. The van der Waals surface area contributed by atoms with E-state index < -0.39 is 10.0 Å². The highest BCUT2D eigenvalue weighted by Gasteiger charge is 2.32. The maximum absolute atomic E-state index is 13.1. The molecular formula is C15H25ClN2O2S2. The van der Waals surface area contributed by atoms with E-state index in [0.717, 1.165) is 37.2 Å². The van der Waals surface area contributed by atoms with Gasteiger partial charge in [0.2, 0.25) is 10.0 Å². The Hall–Kier alpha value is -0.270. The standard InChI is InChI=1S/C15H24N2O2S2.ClH/c1-3-12-17(13-8-10-16-11-9-13)21(18,19)15-7-5-4-6-14(15)20-2;/h4-7,13,16H,3,8-12H2,1-2H3;1H. The second kappa shape index (κ2) is 9.13. The van der Waals surface area contributed by atoms with Crippen LogP contribution < -0.4 is 5.32 Å². The molecule has 1 saturated heterocycles. The fraction of sp³-hybridized carbons (Fsp3) is 0.600. The van der Waals surface area contributed by atoms with Crippen molar-refractivity contribution in [2.45, 2.75) is 42.0 Å². The van der Waals surface area contributed by atoms with E-state index in [2.05, 4.69) is 5.32 Å². The van der Waals surface area contributed by atoms with E-state index in [0.29, 0.717) is 11.4 Å². The minimum absolute atomic E-state index is 0. The molecule has 126 valence electrons. The predicted molar refractivity (Wildman–Crippen MR) is 95.5 cm³/mol. The lowest BCUT2D eigenvalue weighted by Gasteiger charge is -2.34. The monoisotopic (exact) mass is 364 g/mol. The largest absolute Gasteiger partial charge is 0.317 e. The molecule has 1 heterocycles. The summed E-state index contributed by atoms with van der Waals surface area (Å²) in [7, 11) is -3.42. The average molecular weight is 365 g/mol. The van der Waals surface area contributed by atoms with Crippen molar-refractivity contribution in [3.63, 3.8) is 0 Å². The maximum Gasteiger partial charge on any atom is 0.244 e. The zero-order valence-corrected chi connectivity index (χ0v) is 15.6. The van der Waals surface area contributed by atoms with Gasteiger partial charge in [0.15, 0.2) is 0 Å². The van der Waals surface area contributed by atoms with Crippen LogP contribution in [0.15, 0.2) is 34.1 Å². The Labute approximate surface area is 144 Å². The number of thioether (sulfide) groups is 1. The van der Waals surface area contributed by atoms with Gasteiger partial charge in [0, 0.05) is 17.5 Å². The molecule has 4 nitrogen and oxygen atoms in total. The fourth-order valence-corrected chi connectivity index (χ4v) is 5.67. The summed E-state index contributed by atoms with van der Waals surface area (Å²) in [4.78, 5) is 1.28. The molecule has 1 aliphatic heterocycles. The van der Waals surface area contributed by atoms with Crippen LogP contribution in [0.3, 0.4) is 0 Å². The molecule has 0 saturated carbocycles. The number of nitrogens with zero attached hydrogens (tertiary/aromatic N) is 1. The number of piperidine rings is 1. The van der Waals surface area contributed by atoms with Crippen LogP contribution in [0.2, 0.25) is 0 Å². The van der Waals surface area contributed by atoms with Gasteiger partial charge < -0.3 is 5.32 Å². The van der Waals surface area contributed by atoms with Crippen LogP contribution >= 0.6 is 24.2 Å². The van der Waals surface area contributed by atoms with Crippen LogP contribution in [0.1, 0.15) is 26.2 Å². The summed E-state index contributed by atoms with van der Waals surface area (Å²) in [6, 6.07) is 7.42. The lowest BCUT2D eigenvalue weighted by atomic mass is 10.1. The normalized spacial score (nSPS) is 16.5. The lowest BCUT2D eigenvalue weighted by molar-refractivity contribution is 0.262. The number of rotatable bonds is 6. The quantitative estimate of drug-likeness (QED) is 0.788. The Balaban J connectivity index is 0.00000242. The SMILES string of the molecule is CCCN(C1CCNCC1)S(=O)(=O)c1ccccc1SC.Cl. The van der Waals surface area contributed by atoms with Crippen LogP contribution in [0.25, 0.3) is 0 Å². The van der Waals surface area contributed by atoms with E-state index in [1.807, 2.05) is 25.3 Å². The van der Waals surface area contributed by atoms with Crippen LogP contribution in [0.4, 0.5) is 0 Å². The van der Waals surface area contributed by atoms with Crippen molar-refractivity contribution >= 4 is 34.2 Å². The first kappa shape index (κ1) is 19.8. The Kier molecular flexibility index (Phi) is 8.21. The molecule has 0 radical (unpaired) electrons. The van der Waals surface area contributed by atoms with E-state index in [4.69, 9.17) is 0 Å². The third-order valence-electron chi connectivity index (χ3n) is 3.82. The molecule has 1 fully saturated rings. The molecular weight excluding hydrogens is 340 g/mol. The lowest BCUT2D eigenvalue weighted by Crippen LogP contribution is -2.46. The van der Waals surface area contributed by atoms with Crippen molar-refractivity contribution in [2.24, 2.45) is 0 Å². The Morgan fingerprint density at radius 3 is 2.50 bits per heavy atom. The third-order valence-corrected chi connectivity index (χ3v) is 6.75. The number of halogens is 1. The molecule has 22 heavy (non-hydrogen) atoms. The molecule has 1 aromatic carbocycles. The summed E-state index contributed by atoms with van der Waals surface area (Å²) in [5.74, 6) is 0. The van der Waals surface area contributed by atoms with Crippen molar-refractivity contribution in [2.75, 3.05) is 25.9 Å². The summed E-state index contributed by atoms with van der Waals surface area (Å²) in [6.45, 7) is 4.41. The highest BCUT2D eigenvalue weighted by atomic mass is 35.5. The molecule has 0 unspecified atom stereocenters. The Morgan fingerprint density at radius 2 is 1.91 bits per heavy atom. The van der Waals surface area contributed by atoms with Crippen molar-refractivity contribution in [3.8, 4) is 0 Å². The molecule has 1 aromatic rings. The number of hydrogen-bond donors (Lipinski definition) is 1. The van der Waals surface area contributed by atoms with Gasteiger partial charge in [-0.05, 0) is 50.7 Å². The summed E-state index contributed by atoms with van der Waals surface area (Å²) >= 11 is 1.49. The maximum atomic E-state index is 13.1. The first-order chi connectivity index (χ1) is 10.1. The molecule has 0 atom stereocenters. The second-order valence-electron chi connectivity index (χ2n) is 5.25. The van der Waals surface area contributed by atoms with Gasteiger partial charge in [0.25, 0.3) is 0 Å². The summed E-state index contributed by atoms with van der Waals surface area (Å²) in [5.41, 5.74) is 0. The zero-order chi connectivity index (χ0) is 15.3. The van der Waals surface area contributed by atoms with Gasteiger partial charge >= 0.3 is 0 Å². The van der Waals surface area contributed by atoms with Gasteiger partial charge in [-0.15, -0.1) is 24.2 Å². The second-order valence-corrected chi connectivity index (χ2v) is 7.95. The molecule has 0 amide bonds. The molecule has 0 spiro atoms. The number of benzene rings is 1. The van der Waals surface area contributed by atoms with Gasteiger partial charge in [-0.3, -0.25) is 0 Å². The molecule has 2 rings (SSSR count). The van der Waals surface area contributed by atoms with Gasteiger partial charge in [-0.2, -0.15) is 4.31 Å². The van der Waals surface area contributed by atoms with Crippen molar-refractivity contribution in [1.82, 2.24) is 9.62 Å². The average Bonchev–Trinajstić information content (AvgIpc) is 2.53. The van der Waals surface area contributed by atoms with Gasteiger partial charge in [0.05, 0.1) is 4.90 Å².